The number of aryl methyl sites for hydroxylation is 1. The number of carbonyl (C=O) groups excluding carboxylic acids is 3. The summed E-state index contributed by atoms with van der Waals surface area (Å²) in [5.41, 5.74) is 6.42. The van der Waals surface area contributed by atoms with Crippen LogP contribution in [0.15, 0.2) is 109 Å². The number of hydrogen-bond donors (Lipinski definition) is 3. The van der Waals surface area contributed by atoms with E-state index in [0.29, 0.717) is 90.7 Å². The number of aromatic amines is 3. The number of ketones is 3. The number of hydrogen-bond acceptors (Lipinski definition) is 13. The first-order chi connectivity index (χ1) is 34.3. The maximum Gasteiger partial charge on any atom is 0.228 e. The fourth-order valence-electron chi connectivity index (χ4n) is 7.73. The molecule has 17 heteroatoms. The van der Waals surface area contributed by atoms with E-state index in [2.05, 4.69) is 19.9 Å². The molecule has 0 saturated heterocycles. The Morgan fingerprint density at radius 2 is 0.859 bits per heavy atom. The van der Waals surface area contributed by atoms with Gasteiger partial charge in [0.2, 0.25) is 34.6 Å². The standard InChI is InChI=1S/C19H19NO4.C18H16FNO4.C17H16N2O4/c1-11-5-6-12-8-15(20-14(12)7-11)18(21)13-9-16(22-2)19(24-4)17(10-13)23-3;1-22-15-8-11(9-16(23-2)18(15)24-3)17(21)14-7-10-6-12(19)4-5-13(10)20-14;1-21-13-8-10(9-14(22-2)16(13)23-3)15(20)17-18-11-6-4-5-7-12(11)19-17/h5-10,20H,1-4H3;4-9,20H,1-3H3;4-9H,1-3H3,(H,18,19). The van der Waals surface area contributed by atoms with E-state index < -0.39 is 0 Å². The first-order valence-electron chi connectivity index (χ1n) is 21.7. The van der Waals surface area contributed by atoms with Crippen LogP contribution < -0.4 is 42.6 Å². The van der Waals surface area contributed by atoms with Gasteiger partial charge in [0.15, 0.2) is 40.3 Å². The van der Waals surface area contributed by atoms with E-state index in [-0.39, 0.29) is 29.0 Å². The smallest absolute Gasteiger partial charge is 0.228 e. The molecule has 0 aliphatic rings. The third kappa shape index (κ3) is 10.5. The molecule has 0 fully saturated rings. The van der Waals surface area contributed by atoms with Gasteiger partial charge in [-0.1, -0.05) is 24.3 Å². The lowest BCUT2D eigenvalue weighted by Crippen LogP contribution is -2.05. The highest BCUT2D eigenvalue weighted by Crippen LogP contribution is 2.41. The van der Waals surface area contributed by atoms with Crippen LogP contribution in [-0.2, 0) is 0 Å². The summed E-state index contributed by atoms with van der Waals surface area (Å²) < 4.78 is 60.8. The van der Waals surface area contributed by atoms with E-state index in [1.54, 1.807) is 48.5 Å². The lowest BCUT2D eigenvalue weighted by Gasteiger charge is -2.13. The number of carbonyl (C=O) groups is 3. The summed E-state index contributed by atoms with van der Waals surface area (Å²) in [6.45, 7) is 2.01. The molecule has 16 nitrogen and oxygen atoms in total. The minimum atomic E-state index is -0.353. The van der Waals surface area contributed by atoms with Crippen molar-refractivity contribution in [3.05, 3.63) is 154 Å². The lowest BCUT2D eigenvalue weighted by atomic mass is 10.1. The third-order valence-electron chi connectivity index (χ3n) is 11.2. The van der Waals surface area contributed by atoms with Crippen LogP contribution in [0.4, 0.5) is 4.39 Å². The molecule has 0 unspecified atom stereocenters. The summed E-state index contributed by atoms with van der Waals surface area (Å²) in [6.07, 6.45) is 0. The molecular weight excluding hydrogens is 916 g/mol. The van der Waals surface area contributed by atoms with E-state index >= 15 is 0 Å². The summed E-state index contributed by atoms with van der Waals surface area (Å²) in [5.74, 6) is 3.11. The van der Waals surface area contributed by atoms with Gasteiger partial charge in [-0.25, -0.2) is 9.37 Å². The van der Waals surface area contributed by atoms with Crippen LogP contribution in [0.1, 0.15) is 53.8 Å². The van der Waals surface area contributed by atoms with Crippen molar-refractivity contribution in [2.45, 2.75) is 6.92 Å². The summed E-state index contributed by atoms with van der Waals surface area (Å²) >= 11 is 0. The average Bonchev–Trinajstić information content (AvgIpc) is 4.16. The van der Waals surface area contributed by atoms with Crippen molar-refractivity contribution in [2.75, 3.05) is 64.0 Å². The number of methoxy groups -OCH3 is 9. The lowest BCUT2D eigenvalue weighted by molar-refractivity contribution is 0.102. The first-order valence-corrected chi connectivity index (χ1v) is 21.7. The molecule has 71 heavy (non-hydrogen) atoms. The topological polar surface area (TPSA) is 195 Å². The summed E-state index contributed by atoms with van der Waals surface area (Å²) in [7, 11) is 13.6. The molecular formula is C54H51FN4O12. The molecule has 0 radical (unpaired) electrons. The first kappa shape index (κ1) is 49.9. The Labute approximate surface area is 407 Å². The number of imidazole rings is 1. The molecule has 366 valence electrons. The Bertz CT molecular complexity index is 3150. The minimum absolute atomic E-state index is 0.136. The predicted molar refractivity (Wildman–Crippen MR) is 266 cm³/mol. The second kappa shape index (κ2) is 22.0. The number of nitrogens with one attached hydrogen (secondary N) is 3. The normalized spacial score (nSPS) is 10.6. The molecule has 0 bridgehead atoms. The number of para-hydroxylation sites is 2. The molecule has 3 heterocycles. The monoisotopic (exact) mass is 966 g/mol. The number of benzene rings is 6. The zero-order valence-electron chi connectivity index (χ0n) is 40.6. The van der Waals surface area contributed by atoms with Gasteiger partial charge >= 0.3 is 0 Å². The number of nitrogens with zero attached hydrogens (tertiary/aromatic N) is 1. The van der Waals surface area contributed by atoms with Crippen LogP contribution in [0, 0.1) is 12.7 Å². The Morgan fingerprint density at radius 3 is 1.31 bits per heavy atom. The van der Waals surface area contributed by atoms with Gasteiger partial charge in [0.1, 0.15) is 5.82 Å². The van der Waals surface area contributed by atoms with Gasteiger partial charge in [-0.2, -0.15) is 0 Å². The minimum Gasteiger partial charge on any atom is -0.493 e. The molecule has 9 aromatic rings. The van der Waals surface area contributed by atoms with Crippen LogP contribution in [0.25, 0.3) is 32.8 Å². The van der Waals surface area contributed by atoms with Crippen LogP contribution in [0.5, 0.6) is 51.7 Å². The molecule has 9 rings (SSSR count). The summed E-state index contributed by atoms with van der Waals surface area (Å²) in [6, 6.07) is 30.9. The summed E-state index contributed by atoms with van der Waals surface area (Å²) in [4.78, 5) is 51.8. The van der Waals surface area contributed by atoms with E-state index in [1.165, 1.54) is 76.1 Å². The predicted octanol–water partition coefficient (Wildman–Crippen LogP) is 10.1. The Balaban J connectivity index is 0.000000157. The summed E-state index contributed by atoms with van der Waals surface area (Å²) in [5, 5.41) is 1.63. The van der Waals surface area contributed by atoms with Crippen molar-refractivity contribution in [1.82, 2.24) is 19.9 Å². The fraction of sp³-hybridized carbons (Fsp3) is 0.185. The molecule has 3 N–H and O–H groups in total. The Kier molecular flexibility index (Phi) is 15.4. The zero-order chi connectivity index (χ0) is 50.9. The second-order valence-electron chi connectivity index (χ2n) is 15.5. The van der Waals surface area contributed by atoms with Gasteiger partial charge in [0, 0.05) is 38.5 Å². The number of aromatic nitrogens is 4. The van der Waals surface area contributed by atoms with Gasteiger partial charge in [-0.3, -0.25) is 14.4 Å². The molecule has 0 amide bonds. The molecule has 6 aromatic carbocycles. The van der Waals surface area contributed by atoms with Gasteiger partial charge in [-0.05, 0) is 97.4 Å². The number of H-pyrrole nitrogens is 3. The maximum atomic E-state index is 13.3. The van der Waals surface area contributed by atoms with Crippen molar-refractivity contribution in [3.8, 4) is 51.7 Å². The Morgan fingerprint density at radius 1 is 0.423 bits per heavy atom. The third-order valence-corrected chi connectivity index (χ3v) is 11.2. The highest BCUT2D eigenvalue weighted by molar-refractivity contribution is 6.12. The number of fused-ring (bicyclic) bond motifs is 3. The second-order valence-corrected chi connectivity index (χ2v) is 15.5. The largest absolute Gasteiger partial charge is 0.493 e. The average molecular weight is 967 g/mol. The van der Waals surface area contributed by atoms with Crippen LogP contribution in [-0.4, -0.2) is 101 Å². The highest BCUT2D eigenvalue weighted by atomic mass is 19.1. The van der Waals surface area contributed by atoms with E-state index in [4.69, 9.17) is 42.6 Å². The number of rotatable bonds is 15. The molecule has 0 saturated carbocycles. The zero-order valence-corrected chi connectivity index (χ0v) is 40.6. The molecule has 3 aromatic heterocycles. The fourth-order valence-corrected chi connectivity index (χ4v) is 7.73. The maximum absolute atomic E-state index is 13.3. The highest BCUT2D eigenvalue weighted by Gasteiger charge is 2.23. The SMILES string of the molecule is COc1cc(C(=O)c2cc3cc(F)ccc3[nH]2)cc(OC)c1OC.COc1cc(C(=O)c2cc3ccc(C)cc3[nH]2)cc(OC)c1OC.COc1cc(C(=O)c2nc3ccccc3[nH]2)cc(OC)c1OC. The van der Waals surface area contributed by atoms with E-state index in [1.807, 2.05) is 55.5 Å². The molecule has 0 atom stereocenters. The van der Waals surface area contributed by atoms with Gasteiger partial charge in [0.05, 0.1) is 86.4 Å². The van der Waals surface area contributed by atoms with Gasteiger partial charge in [0.25, 0.3) is 0 Å². The van der Waals surface area contributed by atoms with Gasteiger partial charge in [-0.15, -0.1) is 0 Å². The van der Waals surface area contributed by atoms with Crippen molar-refractivity contribution in [1.29, 1.82) is 0 Å². The number of ether oxygens (including phenoxy) is 9. The van der Waals surface area contributed by atoms with Crippen molar-refractivity contribution >= 4 is 50.2 Å². The molecule has 0 aliphatic carbocycles. The van der Waals surface area contributed by atoms with Crippen LogP contribution in [0.3, 0.4) is 0 Å². The quantitative estimate of drug-likeness (QED) is 0.0823. The Hall–Kier alpha value is -8.99. The van der Waals surface area contributed by atoms with E-state index in [9.17, 15) is 18.8 Å². The van der Waals surface area contributed by atoms with Gasteiger partial charge < -0.3 is 57.6 Å². The van der Waals surface area contributed by atoms with Crippen molar-refractivity contribution in [2.24, 2.45) is 0 Å². The molecule has 0 spiro atoms. The van der Waals surface area contributed by atoms with Crippen molar-refractivity contribution in [3.63, 3.8) is 0 Å². The van der Waals surface area contributed by atoms with Crippen LogP contribution >= 0.6 is 0 Å². The van der Waals surface area contributed by atoms with Crippen molar-refractivity contribution < 1.29 is 61.4 Å². The number of halogens is 1. The molecule has 0 aliphatic heterocycles. The van der Waals surface area contributed by atoms with Crippen LogP contribution in [0.2, 0.25) is 0 Å². The van der Waals surface area contributed by atoms with E-state index in [0.717, 1.165) is 27.5 Å².